The summed E-state index contributed by atoms with van der Waals surface area (Å²) >= 11 is 0. The van der Waals surface area contributed by atoms with Gasteiger partial charge in [0, 0.05) is 11.6 Å². The van der Waals surface area contributed by atoms with E-state index >= 15 is 0 Å². The predicted molar refractivity (Wildman–Crippen MR) is 91.7 cm³/mol. The summed E-state index contributed by atoms with van der Waals surface area (Å²) in [6.07, 6.45) is 4.95. The maximum Gasteiger partial charge on any atom is 0.152 e. The molecule has 1 aliphatic rings. The third-order valence-corrected chi connectivity index (χ3v) is 4.12. The smallest absolute Gasteiger partial charge is 0.152 e. The van der Waals surface area contributed by atoms with E-state index in [2.05, 4.69) is 73.6 Å². The fourth-order valence-corrected chi connectivity index (χ4v) is 2.64. The number of hydrogen-bond donors (Lipinski definition) is 0. The van der Waals surface area contributed by atoms with Gasteiger partial charge >= 0.3 is 0 Å². The normalized spacial score (nSPS) is 19.3. The fraction of sp³-hybridized carbons (Fsp3) is 0.250. The fourth-order valence-electron chi connectivity index (χ4n) is 2.64. The summed E-state index contributed by atoms with van der Waals surface area (Å²) in [5.41, 5.74) is 3.62. The first-order valence-corrected chi connectivity index (χ1v) is 7.67. The standard InChI is InChI=1S/C20H21NO/c1-20(2)13-14-21-22-19(20)15-18(16-9-5-3-6-10-16)17-11-7-4-8-12-17/h3-12,14-15,19H,13H2,1-2H3. The zero-order valence-corrected chi connectivity index (χ0v) is 13.1. The van der Waals surface area contributed by atoms with Crippen LogP contribution in [-0.4, -0.2) is 12.3 Å². The van der Waals surface area contributed by atoms with Gasteiger partial charge in [-0.2, -0.15) is 0 Å². The Bertz CT molecular complexity index is 630. The second kappa shape index (κ2) is 6.18. The first-order chi connectivity index (χ1) is 10.7. The van der Waals surface area contributed by atoms with E-state index in [1.165, 1.54) is 16.7 Å². The van der Waals surface area contributed by atoms with Gasteiger partial charge in [0.1, 0.15) is 0 Å². The highest BCUT2D eigenvalue weighted by Crippen LogP contribution is 2.34. The van der Waals surface area contributed by atoms with Gasteiger partial charge in [-0.25, -0.2) is 0 Å². The third-order valence-electron chi connectivity index (χ3n) is 4.12. The number of oxime groups is 1. The molecule has 2 nitrogen and oxygen atoms in total. The minimum Gasteiger partial charge on any atom is -0.388 e. The Labute approximate surface area is 132 Å². The first-order valence-electron chi connectivity index (χ1n) is 7.67. The molecule has 0 amide bonds. The van der Waals surface area contributed by atoms with Gasteiger partial charge in [-0.3, -0.25) is 0 Å². The molecule has 0 spiro atoms. The van der Waals surface area contributed by atoms with Crippen molar-refractivity contribution in [3.63, 3.8) is 0 Å². The third kappa shape index (κ3) is 3.11. The van der Waals surface area contributed by atoms with Crippen LogP contribution in [0.2, 0.25) is 0 Å². The van der Waals surface area contributed by atoms with Crippen LogP contribution < -0.4 is 0 Å². The van der Waals surface area contributed by atoms with E-state index in [0.29, 0.717) is 0 Å². The Kier molecular flexibility index (Phi) is 4.10. The SMILES string of the molecule is CC1(C)CC=NOC1C=C(c1ccccc1)c1ccccc1. The van der Waals surface area contributed by atoms with E-state index in [0.717, 1.165) is 6.42 Å². The molecule has 1 atom stereocenters. The van der Waals surface area contributed by atoms with E-state index in [9.17, 15) is 0 Å². The molecule has 0 N–H and O–H groups in total. The highest BCUT2D eigenvalue weighted by atomic mass is 16.6. The van der Waals surface area contributed by atoms with Crippen molar-refractivity contribution < 1.29 is 4.84 Å². The lowest BCUT2D eigenvalue weighted by atomic mass is 9.81. The second-order valence-electron chi connectivity index (χ2n) is 6.32. The maximum atomic E-state index is 5.66. The second-order valence-corrected chi connectivity index (χ2v) is 6.32. The van der Waals surface area contributed by atoms with Gasteiger partial charge in [-0.15, -0.1) is 0 Å². The Balaban J connectivity index is 2.06. The molecule has 1 unspecified atom stereocenters. The molecule has 112 valence electrons. The van der Waals surface area contributed by atoms with E-state index in [1.54, 1.807) is 0 Å². The molecule has 22 heavy (non-hydrogen) atoms. The van der Waals surface area contributed by atoms with Crippen LogP contribution in [0.3, 0.4) is 0 Å². The Hall–Kier alpha value is -2.35. The van der Waals surface area contributed by atoms with Crippen LogP contribution in [0.1, 0.15) is 31.4 Å². The average Bonchev–Trinajstić information content (AvgIpc) is 2.55. The lowest BCUT2D eigenvalue weighted by Gasteiger charge is -2.32. The van der Waals surface area contributed by atoms with Crippen LogP contribution in [0, 0.1) is 5.41 Å². The summed E-state index contributed by atoms with van der Waals surface area (Å²) in [6, 6.07) is 20.9. The zero-order chi connectivity index (χ0) is 15.4. The van der Waals surface area contributed by atoms with Gasteiger partial charge in [0.15, 0.2) is 6.10 Å². The molecule has 0 saturated carbocycles. The van der Waals surface area contributed by atoms with Gasteiger partial charge in [0.05, 0.1) is 0 Å². The molecule has 0 saturated heterocycles. The summed E-state index contributed by atoms with van der Waals surface area (Å²) in [4.78, 5) is 5.66. The highest BCUT2D eigenvalue weighted by Gasteiger charge is 2.32. The van der Waals surface area contributed by atoms with E-state index < -0.39 is 0 Å². The topological polar surface area (TPSA) is 21.6 Å². The average molecular weight is 291 g/mol. The summed E-state index contributed by atoms with van der Waals surface area (Å²) in [5, 5.41) is 4.02. The van der Waals surface area contributed by atoms with Gasteiger partial charge in [0.2, 0.25) is 0 Å². The predicted octanol–water partition coefficient (Wildman–Crippen LogP) is 4.92. The highest BCUT2D eigenvalue weighted by molar-refractivity contribution is 5.80. The minimum absolute atomic E-state index is 0.0343. The molecule has 3 rings (SSSR count). The summed E-state index contributed by atoms with van der Waals surface area (Å²) < 4.78 is 0. The molecular formula is C20H21NO. The van der Waals surface area contributed by atoms with Crippen LogP contribution in [0.4, 0.5) is 0 Å². The van der Waals surface area contributed by atoms with Crippen molar-refractivity contribution in [2.24, 2.45) is 10.6 Å². The van der Waals surface area contributed by atoms with Crippen LogP contribution in [0.15, 0.2) is 71.9 Å². The van der Waals surface area contributed by atoms with E-state index in [4.69, 9.17) is 4.84 Å². The van der Waals surface area contributed by atoms with Gasteiger partial charge in [0.25, 0.3) is 0 Å². The van der Waals surface area contributed by atoms with Crippen molar-refractivity contribution >= 4 is 11.8 Å². The van der Waals surface area contributed by atoms with Crippen molar-refractivity contribution in [1.29, 1.82) is 0 Å². The molecule has 2 aromatic carbocycles. The number of hydrogen-bond acceptors (Lipinski definition) is 2. The number of benzene rings is 2. The Morgan fingerprint density at radius 3 is 2.05 bits per heavy atom. The summed E-state index contributed by atoms with van der Waals surface area (Å²) in [7, 11) is 0. The Morgan fingerprint density at radius 2 is 1.55 bits per heavy atom. The molecular weight excluding hydrogens is 270 g/mol. The Morgan fingerprint density at radius 1 is 1.00 bits per heavy atom. The zero-order valence-electron chi connectivity index (χ0n) is 13.1. The van der Waals surface area contributed by atoms with E-state index in [-0.39, 0.29) is 11.5 Å². The molecule has 1 aliphatic heterocycles. The minimum atomic E-state index is -0.0343. The van der Waals surface area contributed by atoms with Crippen LogP contribution in [-0.2, 0) is 4.84 Å². The van der Waals surface area contributed by atoms with Crippen molar-refractivity contribution in [2.45, 2.75) is 26.4 Å². The molecule has 2 heteroatoms. The van der Waals surface area contributed by atoms with Crippen molar-refractivity contribution in [2.75, 3.05) is 0 Å². The molecule has 0 radical (unpaired) electrons. The van der Waals surface area contributed by atoms with Crippen LogP contribution in [0.25, 0.3) is 5.57 Å². The lowest BCUT2D eigenvalue weighted by Crippen LogP contribution is -2.32. The molecule has 1 heterocycles. The number of nitrogens with zero attached hydrogens (tertiary/aromatic N) is 1. The van der Waals surface area contributed by atoms with Gasteiger partial charge in [-0.05, 0) is 29.2 Å². The number of rotatable bonds is 3. The molecule has 0 fully saturated rings. The molecule has 2 aromatic rings. The van der Waals surface area contributed by atoms with Crippen molar-refractivity contribution in [3.8, 4) is 0 Å². The largest absolute Gasteiger partial charge is 0.388 e. The molecule has 0 aliphatic carbocycles. The summed E-state index contributed by atoms with van der Waals surface area (Å²) in [5.74, 6) is 0. The van der Waals surface area contributed by atoms with Crippen molar-refractivity contribution in [3.05, 3.63) is 77.9 Å². The van der Waals surface area contributed by atoms with Crippen LogP contribution >= 0.6 is 0 Å². The van der Waals surface area contributed by atoms with E-state index in [1.807, 2.05) is 18.3 Å². The first kappa shape index (κ1) is 14.6. The molecule has 0 aromatic heterocycles. The maximum absolute atomic E-state index is 5.66. The van der Waals surface area contributed by atoms with Crippen molar-refractivity contribution in [1.82, 2.24) is 0 Å². The quantitative estimate of drug-likeness (QED) is 0.786. The van der Waals surface area contributed by atoms with Gasteiger partial charge in [-0.1, -0.05) is 79.7 Å². The monoisotopic (exact) mass is 291 g/mol. The summed E-state index contributed by atoms with van der Waals surface area (Å²) in [6.45, 7) is 4.43. The van der Waals surface area contributed by atoms with Crippen LogP contribution in [0.5, 0.6) is 0 Å². The lowest BCUT2D eigenvalue weighted by molar-refractivity contribution is 0.00115. The molecule has 0 bridgehead atoms. The van der Waals surface area contributed by atoms with Gasteiger partial charge < -0.3 is 4.84 Å².